The molecule has 2 atom stereocenters. The van der Waals surface area contributed by atoms with E-state index in [9.17, 15) is 18.0 Å². The van der Waals surface area contributed by atoms with Gasteiger partial charge in [-0.3, -0.25) is 4.79 Å². The van der Waals surface area contributed by atoms with E-state index in [-0.39, 0.29) is 18.9 Å². The van der Waals surface area contributed by atoms with Gasteiger partial charge < -0.3 is 14.4 Å². The van der Waals surface area contributed by atoms with E-state index in [1.807, 2.05) is 0 Å². The van der Waals surface area contributed by atoms with Gasteiger partial charge in [0.15, 0.2) is 15.9 Å². The van der Waals surface area contributed by atoms with Crippen LogP contribution in [-0.2, 0) is 28.9 Å². The van der Waals surface area contributed by atoms with Gasteiger partial charge in [0.05, 0.1) is 26.1 Å². The molecule has 2 fully saturated rings. The Balaban J connectivity index is 2.19. The minimum Gasteiger partial charge on any atom is -0.467 e. The van der Waals surface area contributed by atoms with Gasteiger partial charge in [-0.15, -0.1) is 0 Å². The van der Waals surface area contributed by atoms with E-state index >= 15 is 0 Å². The fraction of sp³-hybridized carbons (Fsp3) is 0.833. The molecule has 1 amide bonds. The molecule has 0 bridgehead atoms. The van der Waals surface area contributed by atoms with Gasteiger partial charge in [-0.1, -0.05) is 6.42 Å². The topological polar surface area (TPSA) is 90.0 Å². The van der Waals surface area contributed by atoms with Crippen molar-refractivity contribution in [1.29, 1.82) is 0 Å². The van der Waals surface area contributed by atoms with E-state index in [1.165, 1.54) is 12.0 Å². The van der Waals surface area contributed by atoms with Crippen LogP contribution in [0.2, 0.25) is 0 Å². The van der Waals surface area contributed by atoms with Crippen LogP contribution in [0.15, 0.2) is 0 Å². The first-order chi connectivity index (χ1) is 9.47. The van der Waals surface area contributed by atoms with Crippen molar-refractivity contribution in [2.45, 2.75) is 30.6 Å². The van der Waals surface area contributed by atoms with Crippen LogP contribution in [0.5, 0.6) is 0 Å². The highest BCUT2D eigenvalue weighted by atomic mass is 32.2. The lowest BCUT2D eigenvalue weighted by Gasteiger charge is -2.36. The van der Waals surface area contributed by atoms with Crippen molar-refractivity contribution in [3.05, 3.63) is 0 Å². The predicted molar refractivity (Wildman–Crippen MR) is 69.8 cm³/mol. The highest BCUT2D eigenvalue weighted by molar-refractivity contribution is 7.92. The number of amides is 1. The quantitative estimate of drug-likeness (QED) is 0.630. The molecule has 0 spiro atoms. The molecule has 2 aliphatic heterocycles. The predicted octanol–water partition coefficient (Wildman–Crippen LogP) is -0.646. The summed E-state index contributed by atoms with van der Waals surface area (Å²) in [7, 11) is -2.18. The molecule has 8 heteroatoms. The summed E-state index contributed by atoms with van der Waals surface area (Å²) in [5, 5.41) is -1.03. The van der Waals surface area contributed by atoms with Gasteiger partial charge in [0.25, 0.3) is 0 Å². The van der Waals surface area contributed by atoms with Gasteiger partial charge >= 0.3 is 5.97 Å². The number of methoxy groups -OCH3 is 1. The third-order valence-corrected chi connectivity index (χ3v) is 5.90. The molecular weight excluding hydrogens is 286 g/mol. The number of carbonyl (C=O) groups is 2. The second-order valence-electron chi connectivity index (χ2n) is 5.00. The van der Waals surface area contributed by atoms with Gasteiger partial charge in [-0.2, -0.15) is 0 Å². The number of sulfone groups is 1. The summed E-state index contributed by atoms with van der Waals surface area (Å²) in [5.41, 5.74) is 0. The molecule has 0 radical (unpaired) electrons. The maximum atomic E-state index is 12.5. The lowest BCUT2D eigenvalue weighted by molar-refractivity contribution is -0.160. The third-order valence-electron chi connectivity index (χ3n) is 3.74. The fourth-order valence-electron chi connectivity index (χ4n) is 2.62. The average Bonchev–Trinajstić information content (AvgIpc) is 2.45. The molecule has 7 nitrogen and oxygen atoms in total. The Morgan fingerprint density at radius 3 is 2.70 bits per heavy atom. The molecule has 114 valence electrons. The van der Waals surface area contributed by atoms with Crippen LogP contribution in [0.3, 0.4) is 0 Å². The normalized spacial score (nSPS) is 29.8. The maximum Gasteiger partial charge on any atom is 0.331 e. The Labute approximate surface area is 118 Å². The Morgan fingerprint density at radius 1 is 1.30 bits per heavy atom. The van der Waals surface area contributed by atoms with E-state index in [0.29, 0.717) is 25.9 Å². The van der Waals surface area contributed by atoms with Crippen molar-refractivity contribution in [2.75, 3.05) is 32.6 Å². The van der Waals surface area contributed by atoms with Crippen LogP contribution in [0.4, 0.5) is 0 Å². The van der Waals surface area contributed by atoms with E-state index in [4.69, 9.17) is 4.74 Å². The first kappa shape index (κ1) is 15.2. The molecule has 0 aliphatic carbocycles. The lowest BCUT2D eigenvalue weighted by atomic mass is 10.1. The molecule has 20 heavy (non-hydrogen) atoms. The van der Waals surface area contributed by atoms with Crippen molar-refractivity contribution >= 4 is 21.7 Å². The Morgan fingerprint density at radius 2 is 2.05 bits per heavy atom. The van der Waals surface area contributed by atoms with Crippen molar-refractivity contribution in [2.24, 2.45) is 0 Å². The van der Waals surface area contributed by atoms with E-state index in [1.54, 1.807) is 0 Å². The van der Waals surface area contributed by atoms with Gasteiger partial charge in [0.1, 0.15) is 5.25 Å². The number of morpholine rings is 1. The second kappa shape index (κ2) is 6.09. The number of hydrogen-bond donors (Lipinski definition) is 0. The molecule has 2 heterocycles. The number of esters is 1. The Hall–Kier alpha value is -1.15. The minimum atomic E-state index is -3.41. The molecule has 2 rings (SSSR count). The summed E-state index contributed by atoms with van der Waals surface area (Å²) in [5.74, 6) is -1.04. The third kappa shape index (κ3) is 2.95. The summed E-state index contributed by atoms with van der Waals surface area (Å²) in [6, 6.07) is -0.849. The van der Waals surface area contributed by atoms with Crippen LogP contribution in [0.1, 0.15) is 19.3 Å². The number of nitrogens with zero attached hydrogens (tertiary/aromatic N) is 1. The molecule has 2 aliphatic rings. The van der Waals surface area contributed by atoms with Gasteiger partial charge in [-0.25, -0.2) is 13.2 Å². The molecular formula is C12H19NO6S. The standard InChI is InChI=1S/C12H19NO6S/c1-18-12(15)9-8-19-6-5-13(9)11(14)10-4-2-3-7-20(10,16)17/h9-10H,2-8H2,1H3. The fourth-order valence-corrected chi connectivity index (χ4v) is 4.48. The highest BCUT2D eigenvalue weighted by Crippen LogP contribution is 2.23. The van der Waals surface area contributed by atoms with E-state index in [2.05, 4.69) is 4.74 Å². The Bertz CT molecular complexity index is 488. The van der Waals surface area contributed by atoms with Crippen LogP contribution >= 0.6 is 0 Å². The molecule has 0 aromatic rings. The molecule has 0 saturated carbocycles. The van der Waals surface area contributed by atoms with Crippen LogP contribution in [0, 0.1) is 0 Å². The number of carbonyl (C=O) groups excluding carboxylic acids is 2. The Kier molecular flexibility index (Phi) is 4.64. The SMILES string of the molecule is COC(=O)C1COCCN1C(=O)C1CCCCS1(=O)=O. The van der Waals surface area contributed by atoms with Crippen molar-refractivity contribution in [1.82, 2.24) is 4.90 Å². The van der Waals surface area contributed by atoms with Crippen molar-refractivity contribution in [3.63, 3.8) is 0 Å². The zero-order chi connectivity index (χ0) is 14.8. The molecule has 2 saturated heterocycles. The maximum absolute atomic E-state index is 12.5. The van der Waals surface area contributed by atoms with Crippen LogP contribution < -0.4 is 0 Å². The smallest absolute Gasteiger partial charge is 0.331 e. The number of ether oxygens (including phenoxy) is 2. The van der Waals surface area contributed by atoms with Gasteiger partial charge in [0.2, 0.25) is 5.91 Å². The monoisotopic (exact) mass is 305 g/mol. The number of rotatable bonds is 2. The van der Waals surface area contributed by atoms with E-state index in [0.717, 1.165) is 0 Å². The molecule has 0 aromatic carbocycles. The van der Waals surface area contributed by atoms with Crippen LogP contribution in [-0.4, -0.2) is 69.1 Å². The van der Waals surface area contributed by atoms with E-state index < -0.39 is 33.0 Å². The van der Waals surface area contributed by atoms with Crippen molar-refractivity contribution in [3.8, 4) is 0 Å². The summed E-state index contributed by atoms with van der Waals surface area (Å²) in [4.78, 5) is 25.5. The summed E-state index contributed by atoms with van der Waals surface area (Å²) < 4.78 is 33.9. The van der Waals surface area contributed by atoms with Gasteiger partial charge in [0, 0.05) is 6.54 Å². The van der Waals surface area contributed by atoms with Gasteiger partial charge in [-0.05, 0) is 12.8 Å². The van der Waals surface area contributed by atoms with Crippen LogP contribution in [0.25, 0.3) is 0 Å². The molecule has 2 unspecified atom stereocenters. The first-order valence-electron chi connectivity index (χ1n) is 6.65. The second-order valence-corrected chi connectivity index (χ2v) is 7.30. The highest BCUT2D eigenvalue weighted by Gasteiger charge is 2.42. The summed E-state index contributed by atoms with van der Waals surface area (Å²) >= 11 is 0. The van der Waals surface area contributed by atoms with Crippen molar-refractivity contribution < 1.29 is 27.5 Å². The molecule has 0 N–H and O–H groups in total. The zero-order valence-corrected chi connectivity index (χ0v) is 12.2. The summed E-state index contributed by atoms with van der Waals surface area (Å²) in [6.07, 6.45) is 1.63. The lowest BCUT2D eigenvalue weighted by Crippen LogP contribution is -2.57. The largest absolute Gasteiger partial charge is 0.467 e. The number of hydrogen-bond acceptors (Lipinski definition) is 6. The first-order valence-corrected chi connectivity index (χ1v) is 8.36. The summed E-state index contributed by atoms with van der Waals surface area (Å²) in [6.45, 7) is 0.557. The minimum absolute atomic E-state index is 0.0383. The zero-order valence-electron chi connectivity index (χ0n) is 11.4. The average molecular weight is 305 g/mol. The molecule has 0 aromatic heterocycles.